The molecule has 1 N–H and O–H groups in total. The Morgan fingerprint density at radius 2 is 2.32 bits per heavy atom. The molecule has 1 aromatic heterocycles. The Labute approximate surface area is 113 Å². The van der Waals surface area contributed by atoms with Crippen LogP contribution in [0, 0.1) is 17.8 Å². The summed E-state index contributed by atoms with van der Waals surface area (Å²) in [5.74, 6) is 2.97. The number of hydrogen-bond donors (Lipinski definition) is 1. The molecular formula is C15H20N2O2. The summed E-state index contributed by atoms with van der Waals surface area (Å²) in [7, 11) is 1.58. The molecule has 3 atom stereocenters. The molecule has 3 rings (SSSR count). The molecule has 4 nitrogen and oxygen atoms in total. The van der Waals surface area contributed by atoms with E-state index in [2.05, 4.69) is 10.3 Å². The van der Waals surface area contributed by atoms with Crippen molar-refractivity contribution in [2.45, 2.75) is 32.1 Å². The number of rotatable bonds is 4. The van der Waals surface area contributed by atoms with Crippen LogP contribution in [-0.4, -0.2) is 18.0 Å². The minimum absolute atomic E-state index is 0.115. The van der Waals surface area contributed by atoms with E-state index in [4.69, 9.17) is 4.74 Å². The maximum absolute atomic E-state index is 12.0. The molecule has 0 saturated heterocycles. The predicted molar refractivity (Wildman–Crippen MR) is 73.0 cm³/mol. The van der Waals surface area contributed by atoms with Gasteiger partial charge in [0.2, 0.25) is 11.8 Å². The highest BCUT2D eigenvalue weighted by molar-refractivity contribution is 5.90. The molecule has 0 unspecified atom stereocenters. The summed E-state index contributed by atoms with van der Waals surface area (Å²) in [6.45, 7) is 0. The Morgan fingerprint density at radius 3 is 2.89 bits per heavy atom. The number of methoxy groups -OCH3 is 1. The second-order valence-electron chi connectivity index (χ2n) is 5.78. The average molecular weight is 260 g/mol. The van der Waals surface area contributed by atoms with E-state index in [-0.39, 0.29) is 5.91 Å². The molecule has 1 heterocycles. The van der Waals surface area contributed by atoms with E-state index in [0.29, 0.717) is 18.2 Å². The predicted octanol–water partition coefficient (Wildman–Crippen LogP) is 2.86. The van der Waals surface area contributed by atoms with Crippen molar-refractivity contribution in [3.63, 3.8) is 0 Å². The first-order valence-electron chi connectivity index (χ1n) is 7.04. The highest BCUT2D eigenvalue weighted by atomic mass is 16.5. The standard InChI is InChI=1S/C15H20N2O2/c1-19-15-5-4-13(9-16-15)17-14(18)8-12-7-10-2-3-11(12)6-10/h4-5,9-12H,2-3,6-8H2,1H3,(H,17,18)/t10-,11-,12-/m1/s1. The van der Waals surface area contributed by atoms with Crippen molar-refractivity contribution in [2.75, 3.05) is 12.4 Å². The SMILES string of the molecule is COc1ccc(NC(=O)C[C@H]2C[C@@H]3CC[C@@H]2C3)cn1. The van der Waals surface area contributed by atoms with Crippen LogP contribution in [-0.2, 0) is 4.79 Å². The van der Waals surface area contributed by atoms with Crippen LogP contribution in [0.2, 0.25) is 0 Å². The summed E-state index contributed by atoms with van der Waals surface area (Å²) >= 11 is 0. The lowest BCUT2D eigenvalue weighted by Crippen LogP contribution is -2.20. The number of anilines is 1. The van der Waals surface area contributed by atoms with Crippen molar-refractivity contribution in [1.29, 1.82) is 0 Å². The normalized spacial score (nSPS) is 28.4. The van der Waals surface area contributed by atoms with E-state index in [1.165, 1.54) is 25.7 Å². The second-order valence-corrected chi connectivity index (χ2v) is 5.78. The molecular weight excluding hydrogens is 240 g/mol. The van der Waals surface area contributed by atoms with Gasteiger partial charge in [-0.05, 0) is 43.1 Å². The summed E-state index contributed by atoms with van der Waals surface area (Å²) in [5.41, 5.74) is 0.744. The van der Waals surface area contributed by atoms with Crippen LogP contribution in [0.1, 0.15) is 32.1 Å². The molecule has 2 fully saturated rings. The first-order chi connectivity index (χ1) is 9.24. The molecule has 2 aliphatic rings. The van der Waals surface area contributed by atoms with Gasteiger partial charge in [0.15, 0.2) is 0 Å². The maximum atomic E-state index is 12.0. The van der Waals surface area contributed by atoms with Crippen LogP contribution in [0.3, 0.4) is 0 Å². The van der Waals surface area contributed by atoms with Crippen LogP contribution in [0.25, 0.3) is 0 Å². The fourth-order valence-electron chi connectivity index (χ4n) is 3.65. The van der Waals surface area contributed by atoms with Crippen LogP contribution < -0.4 is 10.1 Å². The second kappa shape index (κ2) is 5.19. The topological polar surface area (TPSA) is 51.2 Å². The zero-order chi connectivity index (χ0) is 13.2. The molecule has 0 aliphatic heterocycles. The van der Waals surface area contributed by atoms with Gasteiger partial charge in [-0.1, -0.05) is 6.42 Å². The Balaban J connectivity index is 1.53. The number of hydrogen-bond acceptors (Lipinski definition) is 3. The Bertz CT molecular complexity index is 458. The van der Waals surface area contributed by atoms with Gasteiger partial charge in [-0.2, -0.15) is 0 Å². The van der Waals surface area contributed by atoms with Crippen LogP contribution >= 0.6 is 0 Å². The molecule has 1 amide bonds. The van der Waals surface area contributed by atoms with E-state index in [0.717, 1.165) is 17.5 Å². The van der Waals surface area contributed by atoms with E-state index in [1.807, 2.05) is 6.07 Å². The van der Waals surface area contributed by atoms with Gasteiger partial charge in [-0.3, -0.25) is 4.79 Å². The lowest BCUT2D eigenvalue weighted by molar-refractivity contribution is -0.117. The zero-order valence-electron chi connectivity index (χ0n) is 11.3. The van der Waals surface area contributed by atoms with Crippen molar-refractivity contribution in [3.8, 4) is 5.88 Å². The zero-order valence-corrected chi connectivity index (χ0v) is 11.3. The number of pyridine rings is 1. The molecule has 2 saturated carbocycles. The van der Waals surface area contributed by atoms with Crippen LogP contribution in [0.4, 0.5) is 5.69 Å². The van der Waals surface area contributed by atoms with Gasteiger partial charge in [-0.15, -0.1) is 0 Å². The summed E-state index contributed by atoms with van der Waals surface area (Å²) in [6, 6.07) is 3.58. The number of nitrogens with zero attached hydrogens (tertiary/aromatic N) is 1. The highest BCUT2D eigenvalue weighted by Gasteiger charge is 2.40. The third-order valence-corrected chi connectivity index (χ3v) is 4.56. The molecule has 0 spiro atoms. The van der Waals surface area contributed by atoms with E-state index in [1.54, 1.807) is 19.4 Å². The first-order valence-corrected chi connectivity index (χ1v) is 7.04. The van der Waals surface area contributed by atoms with Gasteiger partial charge in [0.05, 0.1) is 19.0 Å². The molecule has 102 valence electrons. The fraction of sp³-hybridized carbons (Fsp3) is 0.600. The average Bonchev–Trinajstić information content (AvgIpc) is 3.02. The highest BCUT2D eigenvalue weighted by Crippen LogP contribution is 2.49. The van der Waals surface area contributed by atoms with E-state index in [9.17, 15) is 4.79 Å². The van der Waals surface area contributed by atoms with Crippen LogP contribution in [0.15, 0.2) is 18.3 Å². The largest absolute Gasteiger partial charge is 0.481 e. The number of aromatic nitrogens is 1. The monoisotopic (exact) mass is 260 g/mol. The van der Waals surface area contributed by atoms with Crippen LogP contribution in [0.5, 0.6) is 5.88 Å². The third kappa shape index (κ3) is 2.72. The molecule has 2 aliphatic carbocycles. The molecule has 19 heavy (non-hydrogen) atoms. The number of amides is 1. The minimum Gasteiger partial charge on any atom is -0.481 e. The summed E-state index contributed by atoms with van der Waals surface area (Å²) in [5, 5.41) is 2.92. The van der Waals surface area contributed by atoms with E-state index >= 15 is 0 Å². The lowest BCUT2D eigenvalue weighted by atomic mass is 9.86. The molecule has 1 aromatic rings. The fourth-order valence-corrected chi connectivity index (χ4v) is 3.65. The van der Waals surface area contributed by atoms with Gasteiger partial charge in [0, 0.05) is 12.5 Å². The van der Waals surface area contributed by atoms with Crippen molar-refractivity contribution in [3.05, 3.63) is 18.3 Å². The van der Waals surface area contributed by atoms with Crippen molar-refractivity contribution < 1.29 is 9.53 Å². The Kier molecular flexibility index (Phi) is 3.40. The molecule has 0 aromatic carbocycles. The third-order valence-electron chi connectivity index (χ3n) is 4.56. The van der Waals surface area contributed by atoms with Gasteiger partial charge in [0.1, 0.15) is 0 Å². The maximum Gasteiger partial charge on any atom is 0.224 e. The van der Waals surface area contributed by atoms with Crippen molar-refractivity contribution >= 4 is 11.6 Å². The van der Waals surface area contributed by atoms with E-state index < -0.39 is 0 Å². The number of fused-ring (bicyclic) bond motifs is 2. The minimum atomic E-state index is 0.115. The summed E-state index contributed by atoms with van der Waals surface area (Å²) < 4.78 is 4.99. The molecule has 4 heteroatoms. The van der Waals surface area contributed by atoms with Gasteiger partial charge in [0.25, 0.3) is 0 Å². The summed E-state index contributed by atoms with van der Waals surface area (Å²) in [6.07, 6.45) is 7.60. The quantitative estimate of drug-likeness (QED) is 0.905. The molecule has 0 radical (unpaired) electrons. The number of nitrogens with one attached hydrogen (secondary N) is 1. The number of carbonyl (C=O) groups is 1. The van der Waals surface area contributed by atoms with Gasteiger partial charge >= 0.3 is 0 Å². The summed E-state index contributed by atoms with van der Waals surface area (Å²) in [4.78, 5) is 16.1. The Morgan fingerprint density at radius 1 is 1.42 bits per heavy atom. The van der Waals surface area contributed by atoms with Gasteiger partial charge < -0.3 is 10.1 Å². The molecule has 2 bridgehead atoms. The smallest absolute Gasteiger partial charge is 0.224 e. The Hall–Kier alpha value is -1.58. The van der Waals surface area contributed by atoms with Crippen molar-refractivity contribution in [2.24, 2.45) is 17.8 Å². The number of carbonyl (C=O) groups excluding carboxylic acids is 1. The van der Waals surface area contributed by atoms with Gasteiger partial charge in [-0.25, -0.2) is 4.98 Å². The number of ether oxygens (including phenoxy) is 1. The first kappa shape index (κ1) is 12.5. The lowest BCUT2D eigenvalue weighted by Gasteiger charge is -2.20. The van der Waals surface area contributed by atoms with Crippen molar-refractivity contribution in [1.82, 2.24) is 4.98 Å².